The largest absolute Gasteiger partial charge is 0.478 e. The van der Waals surface area contributed by atoms with E-state index in [1.165, 1.54) is 11.8 Å². The molecule has 0 saturated heterocycles. The van der Waals surface area contributed by atoms with Crippen LogP contribution >= 0.6 is 11.6 Å². The summed E-state index contributed by atoms with van der Waals surface area (Å²) in [6, 6.07) is 1.80. The van der Waals surface area contributed by atoms with Gasteiger partial charge in [-0.3, -0.25) is 0 Å². The molecule has 0 aromatic carbocycles. The van der Waals surface area contributed by atoms with Crippen LogP contribution < -0.4 is 0 Å². The second kappa shape index (κ2) is 5.56. The van der Waals surface area contributed by atoms with E-state index in [9.17, 15) is 9.90 Å². The summed E-state index contributed by atoms with van der Waals surface area (Å²) in [6.45, 7) is 3.66. The number of hydrogen-bond donors (Lipinski definition) is 1. The molecule has 8 heteroatoms. The van der Waals surface area contributed by atoms with Crippen molar-refractivity contribution in [2.45, 2.75) is 20.5 Å². The van der Waals surface area contributed by atoms with Gasteiger partial charge in [0.2, 0.25) is 0 Å². The van der Waals surface area contributed by atoms with Crippen LogP contribution in [0.1, 0.15) is 27.4 Å². The van der Waals surface area contributed by atoms with E-state index in [2.05, 4.69) is 15.1 Å². The summed E-state index contributed by atoms with van der Waals surface area (Å²) in [7, 11) is 1.45. The lowest BCUT2D eigenvalue weighted by atomic mass is 10.2. The predicted molar refractivity (Wildman–Crippen MR) is 71.3 cm³/mol. The van der Waals surface area contributed by atoms with Gasteiger partial charge in [-0.1, -0.05) is 11.6 Å². The van der Waals surface area contributed by atoms with Crippen molar-refractivity contribution in [1.82, 2.24) is 19.7 Å². The van der Waals surface area contributed by atoms with Gasteiger partial charge in [-0.15, -0.1) is 0 Å². The molecular formula is C12H13ClN4O3. The fourth-order valence-electron chi connectivity index (χ4n) is 1.82. The van der Waals surface area contributed by atoms with Crippen LogP contribution in [-0.4, -0.2) is 37.9 Å². The molecule has 0 spiro atoms. The van der Waals surface area contributed by atoms with Gasteiger partial charge in [-0.2, -0.15) is 9.78 Å². The van der Waals surface area contributed by atoms with Crippen LogP contribution in [0.4, 0.5) is 0 Å². The number of carbonyl (C=O) groups is 1. The summed E-state index contributed by atoms with van der Waals surface area (Å²) >= 11 is 6.08. The molecule has 0 fully saturated rings. The molecule has 0 atom stereocenters. The van der Waals surface area contributed by atoms with Crippen LogP contribution in [0.2, 0.25) is 5.15 Å². The first-order chi connectivity index (χ1) is 9.43. The van der Waals surface area contributed by atoms with Crippen LogP contribution in [-0.2, 0) is 11.3 Å². The van der Waals surface area contributed by atoms with Gasteiger partial charge in [0.1, 0.15) is 11.3 Å². The molecule has 0 unspecified atom stereocenters. The minimum Gasteiger partial charge on any atom is -0.478 e. The number of carboxylic acid groups (broad SMARTS) is 1. The van der Waals surface area contributed by atoms with Gasteiger partial charge in [-0.25, -0.2) is 14.8 Å². The van der Waals surface area contributed by atoms with Gasteiger partial charge < -0.3 is 9.84 Å². The van der Waals surface area contributed by atoms with E-state index >= 15 is 0 Å². The van der Waals surface area contributed by atoms with Crippen LogP contribution in [0.25, 0.3) is 5.95 Å². The summed E-state index contributed by atoms with van der Waals surface area (Å²) in [5.74, 6) is -0.935. The van der Waals surface area contributed by atoms with E-state index < -0.39 is 5.97 Å². The number of halogens is 1. The Kier molecular flexibility index (Phi) is 4.01. The number of ether oxygens (including phenoxy) is 1. The molecule has 2 rings (SSSR count). The number of aromatic carboxylic acids is 1. The topological polar surface area (TPSA) is 90.1 Å². The highest BCUT2D eigenvalue weighted by Gasteiger charge is 2.24. The summed E-state index contributed by atoms with van der Waals surface area (Å²) in [5, 5.41) is 13.3. The van der Waals surface area contributed by atoms with Gasteiger partial charge >= 0.3 is 5.97 Å². The average Bonchev–Trinajstić information content (AvgIpc) is 2.65. The first-order valence-electron chi connectivity index (χ1n) is 5.76. The number of methoxy groups -OCH3 is 1. The number of nitrogens with zero attached hydrogens (tertiary/aromatic N) is 4. The fourth-order valence-corrected chi connectivity index (χ4v) is 2.13. The van der Waals surface area contributed by atoms with Gasteiger partial charge in [0, 0.05) is 18.5 Å². The first kappa shape index (κ1) is 14.4. The zero-order chi connectivity index (χ0) is 14.9. The summed E-state index contributed by atoms with van der Waals surface area (Å²) < 4.78 is 6.14. The summed E-state index contributed by atoms with van der Waals surface area (Å²) in [4.78, 5) is 19.7. The predicted octanol–water partition coefficient (Wildman–Crippen LogP) is 1.78. The molecule has 0 aliphatic rings. The molecule has 0 aliphatic heterocycles. The number of aryl methyl sites for hydroxylation is 2. The lowest BCUT2D eigenvalue weighted by Crippen LogP contribution is -2.06. The monoisotopic (exact) mass is 296 g/mol. The molecule has 7 nitrogen and oxygen atoms in total. The molecular weight excluding hydrogens is 284 g/mol. The third kappa shape index (κ3) is 2.63. The molecule has 2 heterocycles. The minimum atomic E-state index is -1.17. The van der Waals surface area contributed by atoms with Crippen molar-refractivity contribution in [2.24, 2.45) is 0 Å². The van der Waals surface area contributed by atoms with Gasteiger partial charge in [0.25, 0.3) is 5.95 Å². The Morgan fingerprint density at radius 2 is 2.00 bits per heavy atom. The molecule has 0 aliphatic carbocycles. The van der Waals surface area contributed by atoms with Gasteiger partial charge in [0.05, 0.1) is 6.61 Å². The Hall–Kier alpha value is -1.99. The van der Waals surface area contributed by atoms with Gasteiger partial charge in [0.15, 0.2) is 5.15 Å². The van der Waals surface area contributed by atoms with E-state index in [1.54, 1.807) is 6.07 Å². The zero-order valence-electron chi connectivity index (χ0n) is 11.2. The van der Waals surface area contributed by atoms with E-state index in [0.29, 0.717) is 0 Å². The van der Waals surface area contributed by atoms with Crippen LogP contribution in [0.3, 0.4) is 0 Å². The highest BCUT2D eigenvalue weighted by molar-refractivity contribution is 6.32. The maximum Gasteiger partial charge on any atom is 0.340 e. The molecule has 1 N–H and O–H groups in total. The van der Waals surface area contributed by atoms with Crippen molar-refractivity contribution in [3.8, 4) is 5.95 Å². The lowest BCUT2D eigenvalue weighted by molar-refractivity contribution is 0.0692. The van der Waals surface area contributed by atoms with Crippen LogP contribution in [0, 0.1) is 13.8 Å². The Labute approximate surface area is 120 Å². The smallest absolute Gasteiger partial charge is 0.340 e. The second-order valence-electron chi connectivity index (χ2n) is 4.21. The van der Waals surface area contributed by atoms with Crippen LogP contribution in [0.15, 0.2) is 6.07 Å². The third-order valence-electron chi connectivity index (χ3n) is 2.56. The molecule has 2 aromatic rings. The van der Waals surface area contributed by atoms with E-state index in [0.717, 1.165) is 11.4 Å². The number of hydrogen-bond acceptors (Lipinski definition) is 5. The minimum absolute atomic E-state index is 0.0408. The molecule has 0 saturated carbocycles. The summed E-state index contributed by atoms with van der Waals surface area (Å²) in [6.07, 6.45) is 0. The molecule has 106 valence electrons. The quantitative estimate of drug-likeness (QED) is 0.925. The van der Waals surface area contributed by atoms with Crippen molar-refractivity contribution in [3.05, 3.63) is 33.9 Å². The number of carboxylic acids is 1. The van der Waals surface area contributed by atoms with E-state index in [-0.39, 0.29) is 29.0 Å². The maximum atomic E-state index is 11.3. The molecule has 0 amide bonds. The normalized spacial score (nSPS) is 10.8. The average molecular weight is 297 g/mol. The molecule has 20 heavy (non-hydrogen) atoms. The second-order valence-corrected chi connectivity index (χ2v) is 4.57. The van der Waals surface area contributed by atoms with E-state index in [4.69, 9.17) is 16.3 Å². The number of aromatic nitrogens is 4. The Morgan fingerprint density at radius 1 is 1.40 bits per heavy atom. The van der Waals surface area contributed by atoms with Crippen molar-refractivity contribution in [3.63, 3.8) is 0 Å². The van der Waals surface area contributed by atoms with E-state index in [1.807, 2.05) is 13.8 Å². The first-order valence-corrected chi connectivity index (χ1v) is 6.14. The Balaban J connectivity index is 2.62. The molecule has 0 bridgehead atoms. The third-order valence-corrected chi connectivity index (χ3v) is 2.91. The van der Waals surface area contributed by atoms with Gasteiger partial charge in [-0.05, 0) is 19.9 Å². The van der Waals surface area contributed by atoms with Crippen molar-refractivity contribution in [1.29, 1.82) is 0 Å². The van der Waals surface area contributed by atoms with Crippen molar-refractivity contribution >= 4 is 17.6 Å². The van der Waals surface area contributed by atoms with Crippen molar-refractivity contribution < 1.29 is 14.6 Å². The lowest BCUT2D eigenvalue weighted by Gasteiger charge is -2.03. The van der Waals surface area contributed by atoms with Crippen LogP contribution in [0.5, 0.6) is 0 Å². The SMILES string of the molecule is COCc1nn(-c2nc(C)cc(C)n2)c(Cl)c1C(=O)O. The Morgan fingerprint density at radius 3 is 2.50 bits per heavy atom. The summed E-state index contributed by atoms with van der Waals surface area (Å²) in [5.41, 5.74) is 1.61. The van der Waals surface area contributed by atoms with Crippen molar-refractivity contribution in [2.75, 3.05) is 7.11 Å². The standard InChI is InChI=1S/C12H13ClN4O3/c1-6-4-7(2)15-12(14-6)17-10(13)9(11(18)19)8(16-17)5-20-3/h4H,5H2,1-3H3,(H,18,19). The highest BCUT2D eigenvalue weighted by atomic mass is 35.5. The zero-order valence-corrected chi connectivity index (χ0v) is 12.0. The molecule has 2 aromatic heterocycles. The fraction of sp³-hybridized carbons (Fsp3) is 0.333. The maximum absolute atomic E-state index is 11.3. The number of rotatable bonds is 4. The Bertz CT molecular complexity index is 649. The highest BCUT2D eigenvalue weighted by Crippen LogP contribution is 2.23. The molecule has 0 radical (unpaired) electrons.